The van der Waals surface area contributed by atoms with Gasteiger partial charge in [-0.15, -0.1) is 0 Å². The van der Waals surface area contributed by atoms with Crippen LogP contribution in [0.2, 0.25) is 0 Å². The predicted molar refractivity (Wildman–Crippen MR) is 125 cm³/mol. The maximum Gasteiger partial charge on any atom is 0.432 e. The Morgan fingerprint density at radius 2 is 1.17 bits per heavy atom. The lowest BCUT2D eigenvalue weighted by molar-refractivity contribution is -0.189. The highest BCUT2D eigenvalue weighted by Gasteiger charge is 2.43. The van der Waals surface area contributed by atoms with E-state index in [1.165, 1.54) is 18.2 Å². The van der Waals surface area contributed by atoms with Gasteiger partial charge in [-0.3, -0.25) is 0 Å². The fourth-order valence-electron chi connectivity index (χ4n) is 3.77. The molecule has 0 aliphatic heterocycles. The van der Waals surface area contributed by atoms with E-state index in [0.29, 0.717) is 17.7 Å². The van der Waals surface area contributed by atoms with Crippen molar-refractivity contribution in [3.05, 3.63) is 123 Å². The Kier molecular flexibility index (Phi) is 7.76. The van der Waals surface area contributed by atoms with Gasteiger partial charge in [0.2, 0.25) is 0 Å². The third kappa shape index (κ3) is 6.29. The van der Waals surface area contributed by atoms with Crippen LogP contribution in [0.1, 0.15) is 27.8 Å². The first-order valence-corrected chi connectivity index (χ1v) is 11.3. The highest BCUT2D eigenvalue weighted by molar-refractivity contribution is 5.66. The number of hydrogen-bond acceptors (Lipinski definition) is 1. The number of hydrogen-bond donors (Lipinski definition) is 0. The lowest BCUT2D eigenvalue weighted by Crippen LogP contribution is -2.25. The van der Waals surface area contributed by atoms with E-state index in [4.69, 9.17) is 0 Å². The van der Waals surface area contributed by atoms with E-state index >= 15 is 0 Å². The second kappa shape index (κ2) is 10.8. The first-order valence-electron chi connectivity index (χ1n) is 11.3. The monoisotopic (exact) mass is 586 g/mol. The minimum atomic E-state index is -5.50. The van der Waals surface area contributed by atoms with Crippen LogP contribution in [0.25, 0.3) is 11.1 Å². The Morgan fingerprint density at radius 1 is 0.585 bits per heavy atom. The number of aryl methyl sites for hydroxylation is 1. The summed E-state index contributed by atoms with van der Waals surface area (Å²) in [5.74, 6) is -6.64. The van der Waals surface area contributed by atoms with Crippen LogP contribution in [0.3, 0.4) is 0 Å². The molecule has 4 aromatic carbocycles. The Balaban J connectivity index is 1.63. The maximum absolute atomic E-state index is 14.8. The number of benzene rings is 4. The third-order valence-electron chi connectivity index (χ3n) is 5.62. The average Bonchev–Trinajstić information content (AvgIpc) is 2.81. The molecule has 212 valence electrons. The van der Waals surface area contributed by atoms with Crippen LogP contribution < -0.4 is 4.74 Å². The standard InChI is InChI=1S/C29H13F11O/c1-14-2-5-16(20(30)8-14)6-3-15-4-7-19(21(31)9-15)17-10-22(32)27(23(33)11-17)29(39,40)41-18-12-24(34)26(25(35)13-18)28(36,37)38/h2,4-5,7-13H,1H3. The van der Waals surface area contributed by atoms with Gasteiger partial charge < -0.3 is 4.74 Å². The van der Waals surface area contributed by atoms with Crippen LogP contribution in [0.4, 0.5) is 48.3 Å². The first kappa shape index (κ1) is 29.5. The molecule has 41 heavy (non-hydrogen) atoms. The second-order valence-electron chi connectivity index (χ2n) is 8.62. The van der Waals surface area contributed by atoms with Crippen molar-refractivity contribution in [1.82, 2.24) is 0 Å². The molecule has 0 saturated heterocycles. The molecular weight excluding hydrogens is 573 g/mol. The highest BCUT2D eigenvalue weighted by atomic mass is 19.4. The fourth-order valence-corrected chi connectivity index (χ4v) is 3.77. The molecule has 0 saturated carbocycles. The van der Waals surface area contributed by atoms with Gasteiger partial charge in [0, 0.05) is 23.3 Å². The summed E-state index contributed by atoms with van der Waals surface area (Å²) in [6.45, 7) is 1.67. The molecule has 0 unspecified atom stereocenters. The summed E-state index contributed by atoms with van der Waals surface area (Å²) in [7, 11) is 0. The van der Waals surface area contributed by atoms with Crippen LogP contribution >= 0.6 is 0 Å². The van der Waals surface area contributed by atoms with Gasteiger partial charge in [0.25, 0.3) is 0 Å². The van der Waals surface area contributed by atoms with Gasteiger partial charge in [0.05, 0.1) is 5.56 Å². The first-order chi connectivity index (χ1) is 19.1. The second-order valence-corrected chi connectivity index (χ2v) is 8.62. The van der Waals surface area contributed by atoms with Crippen molar-refractivity contribution in [2.75, 3.05) is 0 Å². The van der Waals surface area contributed by atoms with Gasteiger partial charge >= 0.3 is 12.3 Å². The average molecular weight is 586 g/mol. The van der Waals surface area contributed by atoms with E-state index < -0.39 is 75.2 Å². The molecule has 0 N–H and O–H groups in total. The Labute approximate surface area is 224 Å². The van der Waals surface area contributed by atoms with Gasteiger partial charge in [-0.25, -0.2) is 26.3 Å². The van der Waals surface area contributed by atoms with Gasteiger partial charge in [0.1, 0.15) is 51.8 Å². The lowest BCUT2D eigenvalue weighted by atomic mass is 10.0. The quantitative estimate of drug-likeness (QED) is 0.171. The summed E-state index contributed by atoms with van der Waals surface area (Å²) < 4.78 is 157. The van der Waals surface area contributed by atoms with Crippen molar-refractivity contribution >= 4 is 0 Å². The van der Waals surface area contributed by atoms with Crippen LogP contribution in [0.15, 0.2) is 60.7 Å². The molecule has 0 bridgehead atoms. The number of halogens is 11. The molecule has 0 fully saturated rings. The normalized spacial score (nSPS) is 11.7. The molecule has 1 nitrogen and oxygen atoms in total. The van der Waals surface area contributed by atoms with Gasteiger partial charge in [-0.05, 0) is 54.4 Å². The molecule has 12 heteroatoms. The Morgan fingerprint density at radius 3 is 1.71 bits per heavy atom. The van der Waals surface area contributed by atoms with Crippen molar-refractivity contribution < 1.29 is 53.0 Å². The lowest BCUT2D eigenvalue weighted by Gasteiger charge is -2.21. The molecule has 0 spiro atoms. The summed E-state index contributed by atoms with van der Waals surface area (Å²) in [6.07, 6.45) is -10.5. The van der Waals surface area contributed by atoms with Gasteiger partial charge in [-0.2, -0.15) is 22.0 Å². The van der Waals surface area contributed by atoms with Crippen molar-refractivity contribution in [2.24, 2.45) is 0 Å². The summed E-state index contributed by atoms with van der Waals surface area (Å²) in [4.78, 5) is 0. The van der Waals surface area contributed by atoms with E-state index in [2.05, 4.69) is 16.6 Å². The number of ether oxygens (including phenoxy) is 1. The highest BCUT2D eigenvalue weighted by Crippen LogP contribution is 2.40. The molecule has 0 aliphatic rings. The minimum absolute atomic E-state index is 0.0322. The van der Waals surface area contributed by atoms with E-state index in [9.17, 15) is 48.3 Å². The maximum atomic E-state index is 14.8. The molecule has 0 heterocycles. The minimum Gasteiger partial charge on any atom is -0.429 e. The van der Waals surface area contributed by atoms with Gasteiger partial charge in [-0.1, -0.05) is 24.0 Å². The molecular formula is C29H13F11O. The van der Waals surface area contributed by atoms with Crippen molar-refractivity contribution in [2.45, 2.75) is 19.2 Å². The predicted octanol–water partition coefficient (Wildman–Crippen LogP) is 9.04. The fraction of sp³-hybridized carbons (Fsp3) is 0.103. The Bertz CT molecular complexity index is 1670. The summed E-state index contributed by atoms with van der Waals surface area (Å²) in [6, 6.07) is 7.61. The largest absolute Gasteiger partial charge is 0.432 e. The van der Waals surface area contributed by atoms with E-state index in [-0.39, 0.29) is 23.3 Å². The smallest absolute Gasteiger partial charge is 0.429 e. The zero-order valence-corrected chi connectivity index (χ0v) is 20.3. The Hall–Kier alpha value is -4.53. The van der Waals surface area contributed by atoms with Crippen molar-refractivity contribution in [3.8, 4) is 28.7 Å². The van der Waals surface area contributed by atoms with Crippen LogP contribution in [0.5, 0.6) is 5.75 Å². The van der Waals surface area contributed by atoms with Crippen molar-refractivity contribution in [3.63, 3.8) is 0 Å². The zero-order chi connectivity index (χ0) is 30.3. The SMILES string of the molecule is Cc1ccc(C#Cc2ccc(-c3cc(F)c(C(F)(F)Oc4cc(F)c(C(F)(F)F)c(F)c4)c(F)c3)c(F)c2)c(F)c1. The summed E-state index contributed by atoms with van der Waals surface area (Å²) >= 11 is 0. The van der Waals surface area contributed by atoms with Crippen LogP contribution in [0, 0.1) is 53.7 Å². The number of rotatable bonds is 4. The van der Waals surface area contributed by atoms with E-state index in [1.807, 2.05) is 0 Å². The molecule has 0 radical (unpaired) electrons. The van der Waals surface area contributed by atoms with Crippen LogP contribution in [-0.4, -0.2) is 0 Å². The molecule has 0 aromatic heterocycles. The topological polar surface area (TPSA) is 9.23 Å². The molecule has 0 atom stereocenters. The summed E-state index contributed by atoms with van der Waals surface area (Å²) in [5.41, 5.74) is -4.66. The zero-order valence-electron chi connectivity index (χ0n) is 20.3. The van der Waals surface area contributed by atoms with Crippen LogP contribution in [-0.2, 0) is 12.3 Å². The van der Waals surface area contributed by atoms with Crippen molar-refractivity contribution in [1.29, 1.82) is 0 Å². The van der Waals surface area contributed by atoms with E-state index in [0.717, 1.165) is 12.1 Å². The molecule has 0 aliphatic carbocycles. The molecule has 0 amide bonds. The third-order valence-corrected chi connectivity index (χ3v) is 5.62. The van der Waals surface area contributed by atoms with E-state index in [1.54, 1.807) is 13.0 Å². The molecule has 4 aromatic rings. The molecule has 4 rings (SSSR count). The summed E-state index contributed by atoms with van der Waals surface area (Å²) in [5, 5.41) is 0. The van der Waals surface area contributed by atoms with Gasteiger partial charge in [0.15, 0.2) is 0 Å². The number of alkyl halides is 5.